The number of aromatic hydroxyl groups is 1. The van der Waals surface area contributed by atoms with Crippen molar-refractivity contribution in [1.82, 2.24) is 15.3 Å². The number of H-pyrrole nitrogens is 1. The average molecular weight is 853 g/mol. The van der Waals surface area contributed by atoms with Crippen molar-refractivity contribution in [2.24, 2.45) is 5.73 Å². The van der Waals surface area contributed by atoms with E-state index in [1.165, 1.54) is 54.7 Å². The molecule has 1 amide bonds. The summed E-state index contributed by atoms with van der Waals surface area (Å²) in [6.45, 7) is 2.62. The number of carbonyl (C=O) groups is 1. The molecule has 62 heavy (non-hydrogen) atoms. The summed E-state index contributed by atoms with van der Waals surface area (Å²) in [6, 6.07) is 28.9. The maximum atomic E-state index is 14.2. The van der Waals surface area contributed by atoms with Crippen LogP contribution in [-0.4, -0.2) is 59.8 Å². The van der Waals surface area contributed by atoms with Crippen molar-refractivity contribution >= 4 is 54.6 Å². The molecule has 0 aliphatic rings. The average Bonchev–Trinajstić information content (AvgIpc) is 3.27. The van der Waals surface area contributed by atoms with Crippen molar-refractivity contribution in [2.75, 3.05) is 30.8 Å². The normalized spacial score (nSPS) is 12.3. The fourth-order valence-electron chi connectivity index (χ4n) is 6.97. The molecule has 7 aromatic rings. The minimum atomic E-state index is -4.16. The van der Waals surface area contributed by atoms with Crippen LogP contribution < -0.4 is 32.0 Å². The van der Waals surface area contributed by atoms with Crippen LogP contribution in [0.2, 0.25) is 0 Å². The Kier molecular flexibility index (Phi) is 13.0. The first-order chi connectivity index (χ1) is 29.8. The molecule has 2 aromatic heterocycles. The van der Waals surface area contributed by atoms with Crippen LogP contribution in [-0.2, 0) is 9.84 Å². The van der Waals surface area contributed by atoms with E-state index in [0.717, 1.165) is 12.0 Å². The van der Waals surface area contributed by atoms with Crippen LogP contribution >= 0.6 is 0 Å². The molecule has 14 nitrogen and oxygen atoms in total. The van der Waals surface area contributed by atoms with E-state index >= 15 is 0 Å². The number of aliphatic hydroxyl groups is 2. The number of ether oxygens (including phenoxy) is 1. The predicted molar refractivity (Wildman–Crippen MR) is 238 cm³/mol. The molecule has 0 saturated carbocycles. The summed E-state index contributed by atoms with van der Waals surface area (Å²) < 4.78 is 33.7. The number of phenols is 1. The number of fused-ring (bicyclic) bond motifs is 2. The zero-order valence-electron chi connectivity index (χ0n) is 33.8. The number of methoxy groups -OCH3 is 1. The molecule has 1 unspecified atom stereocenters. The smallest absolute Gasteiger partial charge is 0.255 e. The molecule has 9 N–H and O–H groups in total. The van der Waals surface area contributed by atoms with Gasteiger partial charge in [-0.1, -0.05) is 30.0 Å². The van der Waals surface area contributed by atoms with Crippen LogP contribution in [0.4, 0.5) is 17.1 Å². The van der Waals surface area contributed by atoms with Crippen LogP contribution in [0.15, 0.2) is 130 Å². The van der Waals surface area contributed by atoms with Gasteiger partial charge in [-0.05, 0) is 110 Å². The van der Waals surface area contributed by atoms with Crippen LogP contribution in [0.1, 0.15) is 57.8 Å². The molecule has 0 radical (unpaired) electrons. The van der Waals surface area contributed by atoms with Crippen molar-refractivity contribution in [3.63, 3.8) is 0 Å². The zero-order valence-corrected chi connectivity index (χ0v) is 34.6. The third-order valence-electron chi connectivity index (χ3n) is 10.2. The number of hydrogen-bond donors (Lipinski definition) is 8. The Morgan fingerprint density at radius 3 is 2.47 bits per heavy atom. The minimum Gasteiger partial charge on any atom is -0.506 e. The van der Waals surface area contributed by atoms with Gasteiger partial charge >= 0.3 is 0 Å². The van der Waals surface area contributed by atoms with Gasteiger partial charge < -0.3 is 46.7 Å². The fourth-order valence-corrected chi connectivity index (χ4v) is 8.39. The maximum Gasteiger partial charge on any atom is 0.255 e. The number of benzene rings is 5. The molecule has 0 spiro atoms. The summed E-state index contributed by atoms with van der Waals surface area (Å²) in [6.07, 6.45) is 0.513. The Morgan fingerprint density at radius 2 is 1.69 bits per heavy atom. The van der Waals surface area contributed by atoms with Gasteiger partial charge in [-0.25, -0.2) is 8.42 Å². The number of aliphatic hydroxyl groups excluding tert-OH is 2. The molecule has 5 aromatic carbocycles. The van der Waals surface area contributed by atoms with Gasteiger partial charge in [0.1, 0.15) is 17.7 Å². The van der Waals surface area contributed by atoms with Crippen molar-refractivity contribution < 1.29 is 33.3 Å². The molecule has 0 aliphatic heterocycles. The number of pyridine rings is 2. The van der Waals surface area contributed by atoms with E-state index in [-0.39, 0.29) is 44.3 Å². The minimum absolute atomic E-state index is 0.0363. The molecule has 15 heteroatoms. The third kappa shape index (κ3) is 9.60. The number of nitrogens with one attached hydrogen (secondary N) is 4. The quantitative estimate of drug-likeness (QED) is 0.0341. The first kappa shape index (κ1) is 43.0. The molecule has 0 fully saturated rings. The number of aryl methyl sites for hydroxylation is 1. The highest BCUT2D eigenvalue weighted by Gasteiger charge is 2.24. The summed E-state index contributed by atoms with van der Waals surface area (Å²) in [7, 11) is -2.62. The van der Waals surface area contributed by atoms with Crippen molar-refractivity contribution in [1.29, 1.82) is 0 Å². The Hall–Kier alpha value is -7.06. The van der Waals surface area contributed by atoms with Crippen LogP contribution in [0.5, 0.6) is 11.5 Å². The number of nitrogens with zero attached hydrogens (tertiary/aromatic N) is 1. The van der Waals surface area contributed by atoms with E-state index in [1.54, 1.807) is 74.7 Å². The van der Waals surface area contributed by atoms with Gasteiger partial charge in [-0.2, -0.15) is 0 Å². The monoisotopic (exact) mass is 852 g/mol. The zero-order chi connectivity index (χ0) is 44.0. The standard InChI is InChI=1S/C47H44N6O8S/c1-28-22-35(25-38-43(28)50-26-39(46(48)57)44(38)51-32-10-7-11-33(24-32)61-2)62(59,60)34-12-6-9-30(23-34)47(58)52-31-15-13-29(14-16-31)8-4-3-5-21-49-27-41(55)36-17-19-40(54)45-37(36)18-20-42(56)53-45/h6-7,9-20,22-26,41,46,49,54-55,57H,3,5,21,27,48H2,1-2H3,(H,50,51)(H,52,58)(H,53,56)/t41-,46?/m0/s1. The summed E-state index contributed by atoms with van der Waals surface area (Å²) in [5.74, 6) is 6.26. The summed E-state index contributed by atoms with van der Waals surface area (Å²) in [4.78, 5) is 32.0. The van der Waals surface area contributed by atoms with Crippen molar-refractivity contribution in [3.8, 4) is 23.3 Å². The predicted octanol–water partition coefficient (Wildman–Crippen LogP) is 6.33. The number of nitrogens with two attached hydrogens (primary N) is 1. The second-order valence-corrected chi connectivity index (χ2v) is 16.4. The molecular weight excluding hydrogens is 809 g/mol. The third-order valence-corrected chi connectivity index (χ3v) is 11.9. The lowest BCUT2D eigenvalue weighted by molar-refractivity contribution is 0.102. The van der Waals surface area contributed by atoms with Crippen LogP contribution in [0, 0.1) is 18.8 Å². The van der Waals surface area contributed by atoms with E-state index in [9.17, 15) is 33.3 Å². The summed E-state index contributed by atoms with van der Waals surface area (Å²) >= 11 is 0. The van der Waals surface area contributed by atoms with Gasteiger partial charge in [0.2, 0.25) is 15.4 Å². The first-order valence-electron chi connectivity index (χ1n) is 19.6. The number of aromatic amines is 1. The SMILES string of the molecule is COc1cccc(Nc2c(C(N)O)cnc3c(C)cc(S(=O)(=O)c4cccc(C(=O)Nc5ccc(C#CCCCNC[C@H](O)c6ccc(O)c7[nH]c(=O)ccc67)cc5)c4)cc23)c1. The Balaban J connectivity index is 0.976. The van der Waals surface area contributed by atoms with E-state index < -0.39 is 28.1 Å². The van der Waals surface area contributed by atoms with E-state index in [0.29, 0.717) is 63.2 Å². The van der Waals surface area contributed by atoms with Gasteiger partial charge in [0.05, 0.1) is 39.7 Å². The Bertz CT molecular complexity index is 3030. The van der Waals surface area contributed by atoms with Gasteiger partial charge in [0, 0.05) is 70.1 Å². The van der Waals surface area contributed by atoms with E-state index in [4.69, 9.17) is 10.5 Å². The van der Waals surface area contributed by atoms with E-state index in [2.05, 4.69) is 37.8 Å². The molecule has 316 valence electrons. The number of phenolic OH excluding ortho intramolecular Hbond substituents is 1. The lowest BCUT2D eigenvalue weighted by Crippen LogP contribution is -2.22. The Morgan fingerprint density at radius 1 is 0.903 bits per heavy atom. The van der Waals surface area contributed by atoms with Gasteiger partial charge in [-0.15, -0.1) is 0 Å². The molecule has 2 heterocycles. The van der Waals surface area contributed by atoms with Crippen molar-refractivity contribution in [2.45, 2.75) is 41.9 Å². The Labute approximate surface area is 357 Å². The molecule has 2 atom stereocenters. The molecule has 0 aliphatic carbocycles. The van der Waals surface area contributed by atoms with Gasteiger partial charge in [0.15, 0.2) is 0 Å². The number of sulfone groups is 1. The largest absolute Gasteiger partial charge is 0.506 e. The molecular formula is C47H44N6O8S. The number of unbranched alkanes of at least 4 members (excludes halogenated alkanes) is 1. The van der Waals surface area contributed by atoms with Gasteiger partial charge in [0.25, 0.3) is 5.91 Å². The number of aromatic nitrogens is 2. The highest BCUT2D eigenvalue weighted by Crippen LogP contribution is 2.36. The summed E-state index contributed by atoms with van der Waals surface area (Å²) in [5.41, 5.74) is 10.2. The van der Waals surface area contributed by atoms with Crippen LogP contribution in [0.25, 0.3) is 21.8 Å². The molecule has 7 rings (SSSR count). The number of rotatable bonds is 14. The first-order valence-corrected chi connectivity index (χ1v) is 21.1. The fraction of sp³-hybridized carbons (Fsp3) is 0.170. The highest BCUT2D eigenvalue weighted by molar-refractivity contribution is 7.91. The van der Waals surface area contributed by atoms with Crippen LogP contribution in [0.3, 0.4) is 0 Å². The number of hydrogen-bond acceptors (Lipinski definition) is 12. The maximum absolute atomic E-state index is 14.2. The molecule has 0 saturated heterocycles. The summed E-state index contributed by atoms with van der Waals surface area (Å²) in [5, 5.41) is 41.6. The van der Waals surface area contributed by atoms with Gasteiger partial charge in [-0.3, -0.25) is 14.6 Å². The number of amides is 1. The second-order valence-electron chi connectivity index (χ2n) is 14.5. The lowest BCUT2D eigenvalue weighted by atomic mass is 10.0. The van der Waals surface area contributed by atoms with E-state index in [1.807, 2.05) is 0 Å². The highest BCUT2D eigenvalue weighted by atomic mass is 32.2. The lowest BCUT2D eigenvalue weighted by Gasteiger charge is -2.18. The molecule has 0 bridgehead atoms. The topological polar surface area (TPSA) is 229 Å². The van der Waals surface area contributed by atoms with Crippen molar-refractivity contribution in [3.05, 3.63) is 154 Å². The number of carbonyl (C=O) groups excluding carboxylic acids is 1. The number of anilines is 3. The second kappa shape index (κ2) is 18.7.